The quantitative estimate of drug-likeness (QED) is 0.349. The number of rotatable bonds is 3. The van der Waals surface area contributed by atoms with Crippen LogP contribution in [-0.4, -0.2) is 20.8 Å². The topological polar surface area (TPSA) is 90.9 Å². The van der Waals surface area contributed by atoms with Crippen LogP contribution in [-0.2, 0) is 18.3 Å². The molecule has 1 amide bonds. The normalized spacial score (nSPS) is 16.7. The number of carbonyl (C=O) groups is 1. The molecule has 0 fully saturated rings. The van der Waals surface area contributed by atoms with Crippen molar-refractivity contribution in [2.24, 2.45) is 7.05 Å². The minimum atomic E-state index is -0.677. The molecule has 2 N–H and O–H groups in total. The third-order valence-electron chi connectivity index (χ3n) is 6.07. The molecule has 2 aliphatic rings. The highest BCUT2D eigenvalue weighted by molar-refractivity contribution is 6.33. The smallest absolute Gasteiger partial charge is 0.270 e. The molecule has 1 heterocycles. The van der Waals surface area contributed by atoms with Crippen LogP contribution in [0.1, 0.15) is 41.1 Å². The molecule has 1 unspecified atom stereocenters. The number of aromatic nitrogens is 2. The van der Waals surface area contributed by atoms with Gasteiger partial charge in [0.2, 0.25) is 0 Å². The van der Waals surface area contributed by atoms with Crippen molar-refractivity contribution in [3.8, 4) is 17.3 Å². The number of fused-ring (bicyclic) bond motifs is 3. The van der Waals surface area contributed by atoms with Crippen molar-refractivity contribution >= 4 is 29.0 Å². The van der Waals surface area contributed by atoms with Gasteiger partial charge >= 0.3 is 0 Å². The zero-order valence-electron chi connectivity index (χ0n) is 16.8. The molecule has 31 heavy (non-hydrogen) atoms. The van der Waals surface area contributed by atoms with Crippen molar-refractivity contribution in [1.29, 1.82) is 5.26 Å². The number of nitrogens with zero attached hydrogens (tertiary/aromatic N) is 3. The van der Waals surface area contributed by atoms with Crippen LogP contribution in [0.2, 0.25) is 5.02 Å². The second-order valence-electron chi connectivity index (χ2n) is 7.83. The van der Waals surface area contributed by atoms with Crippen molar-refractivity contribution in [3.05, 3.63) is 75.4 Å². The number of amides is 1. The SMILES string of the molecule is Cn1nc(/C(O)=C(\C#N)C(=O)Nc2ccccc2)c2c1-c1c(Cl)ccc3c1C2CCC3. The van der Waals surface area contributed by atoms with E-state index < -0.39 is 11.7 Å². The van der Waals surface area contributed by atoms with Gasteiger partial charge in [0.1, 0.15) is 11.8 Å². The molecule has 5 rings (SSSR count). The van der Waals surface area contributed by atoms with E-state index in [2.05, 4.69) is 16.5 Å². The highest BCUT2D eigenvalue weighted by Crippen LogP contribution is 2.55. The number of hydrogen-bond acceptors (Lipinski definition) is 4. The second kappa shape index (κ2) is 7.29. The Labute approximate surface area is 184 Å². The number of hydrogen-bond donors (Lipinski definition) is 2. The van der Waals surface area contributed by atoms with Gasteiger partial charge < -0.3 is 10.4 Å². The fourth-order valence-electron chi connectivity index (χ4n) is 4.81. The van der Waals surface area contributed by atoms with Crippen LogP contribution in [0.4, 0.5) is 5.69 Å². The summed E-state index contributed by atoms with van der Waals surface area (Å²) in [5.74, 6) is -1.05. The van der Waals surface area contributed by atoms with Gasteiger partial charge in [-0.1, -0.05) is 35.9 Å². The fourth-order valence-corrected chi connectivity index (χ4v) is 5.06. The Morgan fingerprint density at radius 2 is 2.03 bits per heavy atom. The molecule has 0 saturated carbocycles. The summed E-state index contributed by atoms with van der Waals surface area (Å²) in [6.45, 7) is 0. The molecule has 3 aromatic rings. The van der Waals surface area contributed by atoms with Crippen LogP contribution in [0.15, 0.2) is 48.0 Å². The van der Waals surface area contributed by atoms with Gasteiger partial charge in [-0.3, -0.25) is 9.48 Å². The van der Waals surface area contributed by atoms with Crippen molar-refractivity contribution in [2.45, 2.75) is 25.2 Å². The highest BCUT2D eigenvalue weighted by atomic mass is 35.5. The molecule has 154 valence electrons. The standard InChI is InChI=1S/C24H19ClN4O2/c1-29-22-19(15-9-5-6-13-10-11-17(25)20(22)18(13)15)21(28-29)23(30)16(12-26)24(31)27-14-7-3-2-4-8-14/h2-4,7-8,10-11,15,30H,5-6,9H2,1H3,(H,27,31)/b23-16-. The molecule has 2 aromatic carbocycles. The van der Waals surface area contributed by atoms with Gasteiger partial charge in [0.15, 0.2) is 11.3 Å². The molecule has 0 radical (unpaired) electrons. The Morgan fingerprint density at radius 3 is 2.77 bits per heavy atom. The Hall–Kier alpha value is -3.56. The molecule has 7 heteroatoms. The molecular formula is C24H19ClN4O2. The van der Waals surface area contributed by atoms with Gasteiger partial charge in [-0.2, -0.15) is 10.4 Å². The predicted molar refractivity (Wildman–Crippen MR) is 119 cm³/mol. The van der Waals surface area contributed by atoms with Crippen LogP contribution in [0.3, 0.4) is 0 Å². The number of nitriles is 1. The molecule has 1 atom stereocenters. The van der Waals surface area contributed by atoms with E-state index in [1.165, 1.54) is 11.1 Å². The average Bonchev–Trinajstić information content (AvgIpc) is 3.29. The van der Waals surface area contributed by atoms with Crippen molar-refractivity contribution in [1.82, 2.24) is 9.78 Å². The lowest BCUT2D eigenvalue weighted by Crippen LogP contribution is -2.16. The molecule has 6 nitrogen and oxygen atoms in total. The maximum Gasteiger partial charge on any atom is 0.270 e. The lowest BCUT2D eigenvalue weighted by atomic mass is 9.81. The summed E-state index contributed by atoms with van der Waals surface area (Å²) in [5, 5.41) is 28.5. The lowest BCUT2D eigenvalue weighted by Gasteiger charge is -2.23. The van der Waals surface area contributed by atoms with Gasteiger partial charge in [0.05, 0.1) is 10.7 Å². The molecule has 2 aliphatic carbocycles. The molecule has 0 aliphatic heterocycles. The van der Waals surface area contributed by atoms with Crippen molar-refractivity contribution in [2.75, 3.05) is 5.32 Å². The minimum absolute atomic E-state index is 0.0374. The van der Waals surface area contributed by atoms with E-state index >= 15 is 0 Å². The third-order valence-corrected chi connectivity index (χ3v) is 6.39. The summed E-state index contributed by atoms with van der Waals surface area (Å²) in [5.41, 5.74) is 5.49. The van der Waals surface area contributed by atoms with Gasteiger partial charge in [-0.25, -0.2) is 0 Å². The van der Waals surface area contributed by atoms with Crippen LogP contribution in [0, 0.1) is 11.3 Å². The number of aliphatic hydroxyl groups is 1. The highest BCUT2D eigenvalue weighted by Gasteiger charge is 2.40. The average molecular weight is 431 g/mol. The maximum absolute atomic E-state index is 12.7. The third kappa shape index (κ3) is 2.93. The first kappa shape index (κ1) is 19.4. The number of aryl methyl sites for hydroxylation is 2. The number of aliphatic hydroxyl groups excluding tert-OH is 1. The monoisotopic (exact) mass is 430 g/mol. The summed E-state index contributed by atoms with van der Waals surface area (Å²) < 4.78 is 1.69. The Bertz CT molecular complexity index is 1300. The van der Waals surface area contributed by atoms with Gasteiger partial charge in [0, 0.05) is 29.8 Å². The van der Waals surface area contributed by atoms with E-state index in [9.17, 15) is 15.2 Å². The molecule has 1 aromatic heterocycles. The molecular weight excluding hydrogens is 412 g/mol. The van der Waals surface area contributed by atoms with E-state index in [0.29, 0.717) is 10.7 Å². The van der Waals surface area contributed by atoms with Crippen molar-refractivity contribution in [3.63, 3.8) is 0 Å². The Kier molecular flexibility index (Phi) is 4.57. The van der Waals surface area contributed by atoms with Crippen LogP contribution in [0.5, 0.6) is 0 Å². The summed E-state index contributed by atoms with van der Waals surface area (Å²) in [4.78, 5) is 12.7. The second-order valence-corrected chi connectivity index (χ2v) is 8.24. The fraction of sp³-hybridized carbons (Fsp3) is 0.208. The van der Waals surface area contributed by atoms with E-state index in [1.54, 1.807) is 36.0 Å². The zero-order chi connectivity index (χ0) is 21.7. The number of para-hydroxylation sites is 1. The molecule has 0 bridgehead atoms. The number of benzene rings is 2. The largest absolute Gasteiger partial charge is 0.504 e. The molecule has 0 saturated heterocycles. The van der Waals surface area contributed by atoms with E-state index in [0.717, 1.165) is 36.1 Å². The van der Waals surface area contributed by atoms with Gasteiger partial charge in [0.25, 0.3) is 5.91 Å². The number of nitrogens with one attached hydrogen (secondary N) is 1. The summed E-state index contributed by atoms with van der Waals surface area (Å²) in [6, 6.07) is 14.6. The van der Waals surface area contributed by atoms with Crippen molar-refractivity contribution < 1.29 is 9.90 Å². The Balaban J connectivity index is 1.64. The van der Waals surface area contributed by atoms with E-state index in [-0.39, 0.29) is 17.2 Å². The Morgan fingerprint density at radius 1 is 1.26 bits per heavy atom. The van der Waals surface area contributed by atoms with E-state index in [4.69, 9.17) is 11.6 Å². The van der Waals surface area contributed by atoms with Gasteiger partial charge in [-0.05, 0) is 48.6 Å². The molecule has 0 spiro atoms. The van der Waals surface area contributed by atoms with Crippen LogP contribution >= 0.6 is 11.6 Å². The summed E-state index contributed by atoms with van der Waals surface area (Å²) in [6.07, 6.45) is 2.89. The van der Waals surface area contributed by atoms with Crippen LogP contribution < -0.4 is 5.32 Å². The lowest BCUT2D eigenvalue weighted by molar-refractivity contribution is -0.112. The number of carbonyl (C=O) groups excluding carboxylic acids is 1. The van der Waals surface area contributed by atoms with Gasteiger partial charge in [-0.15, -0.1) is 0 Å². The number of halogens is 1. The maximum atomic E-state index is 12.7. The first-order valence-electron chi connectivity index (χ1n) is 10.1. The minimum Gasteiger partial charge on any atom is -0.504 e. The summed E-state index contributed by atoms with van der Waals surface area (Å²) >= 11 is 6.58. The first-order valence-corrected chi connectivity index (χ1v) is 10.5. The van der Waals surface area contributed by atoms with Crippen LogP contribution in [0.25, 0.3) is 17.0 Å². The predicted octanol–water partition coefficient (Wildman–Crippen LogP) is 4.95. The summed E-state index contributed by atoms with van der Waals surface area (Å²) in [7, 11) is 1.79. The first-order chi connectivity index (χ1) is 15.0. The zero-order valence-corrected chi connectivity index (χ0v) is 17.6. The number of anilines is 1. The van der Waals surface area contributed by atoms with E-state index in [1.807, 2.05) is 18.2 Å².